The van der Waals surface area contributed by atoms with Gasteiger partial charge in [-0.15, -0.1) is 0 Å². The number of benzene rings is 3. The van der Waals surface area contributed by atoms with Crippen molar-refractivity contribution in [1.29, 1.82) is 0 Å². The minimum Gasteiger partial charge on any atom is -0.369 e. The average molecular weight is 578 g/mol. The summed E-state index contributed by atoms with van der Waals surface area (Å²) >= 11 is 0. The number of aromatic nitrogens is 3. The smallest absolute Gasteiger partial charge is 0.255 e. The van der Waals surface area contributed by atoms with E-state index in [9.17, 15) is 9.18 Å². The first-order valence-corrected chi connectivity index (χ1v) is 14.1. The second kappa shape index (κ2) is 12.0. The highest BCUT2D eigenvalue weighted by Crippen LogP contribution is 2.31. The number of anilines is 4. The molecule has 43 heavy (non-hydrogen) atoms. The Hall–Kier alpha value is -5.09. The Labute approximate surface area is 249 Å². The lowest BCUT2D eigenvalue weighted by Gasteiger charge is -2.34. The Balaban J connectivity index is 1.24. The van der Waals surface area contributed by atoms with E-state index in [0.717, 1.165) is 54.3 Å². The molecule has 1 amide bonds. The van der Waals surface area contributed by atoms with Crippen LogP contribution in [0, 0.1) is 19.7 Å². The van der Waals surface area contributed by atoms with Crippen molar-refractivity contribution in [3.05, 3.63) is 102 Å². The van der Waals surface area contributed by atoms with Gasteiger partial charge in [0.2, 0.25) is 5.95 Å². The maximum atomic E-state index is 13.5. The molecule has 218 valence electrons. The van der Waals surface area contributed by atoms with E-state index in [4.69, 9.17) is 4.52 Å². The molecule has 0 radical (unpaired) electrons. The largest absolute Gasteiger partial charge is 0.369 e. The zero-order valence-corrected chi connectivity index (χ0v) is 24.3. The van der Waals surface area contributed by atoms with E-state index in [0.29, 0.717) is 34.3 Å². The molecular formula is C33H32FN7O2. The molecule has 2 N–H and O–H groups in total. The SMILES string of the molecule is Cc1cc(-c2cc(NC(=O)c3ccc(C)c(Nc4nccc(-c5ccc(F)cc5)n4)c3)cc(N3CCN(C)CC3)c2)on1. The highest BCUT2D eigenvalue weighted by atomic mass is 19.1. The summed E-state index contributed by atoms with van der Waals surface area (Å²) < 4.78 is 18.9. The Morgan fingerprint density at radius 1 is 0.907 bits per heavy atom. The normalized spacial score (nSPS) is 13.6. The first-order valence-electron chi connectivity index (χ1n) is 14.1. The minimum absolute atomic E-state index is 0.251. The van der Waals surface area contributed by atoms with Crippen LogP contribution in [0.3, 0.4) is 0 Å². The third kappa shape index (κ3) is 6.54. The number of likely N-dealkylation sites (N-methyl/N-ethyl adjacent to an activating group) is 1. The maximum Gasteiger partial charge on any atom is 0.255 e. The number of piperazine rings is 1. The monoisotopic (exact) mass is 577 g/mol. The van der Waals surface area contributed by atoms with Crippen LogP contribution in [0.25, 0.3) is 22.6 Å². The summed E-state index contributed by atoms with van der Waals surface area (Å²) in [6.07, 6.45) is 1.64. The Bertz CT molecular complexity index is 1760. The van der Waals surface area contributed by atoms with Crippen LogP contribution >= 0.6 is 0 Å². The van der Waals surface area contributed by atoms with Crippen molar-refractivity contribution < 1.29 is 13.7 Å². The number of rotatable bonds is 7. The summed E-state index contributed by atoms with van der Waals surface area (Å²) in [5.74, 6) is 0.458. The number of nitrogens with one attached hydrogen (secondary N) is 2. The highest BCUT2D eigenvalue weighted by molar-refractivity contribution is 6.05. The van der Waals surface area contributed by atoms with Gasteiger partial charge in [-0.25, -0.2) is 14.4 Å². The Morgan fingerprint density at radius 2 is 1.70 bits per heavy atom. The fourth-order valence-corrected chi connectivity index (χ4v) is 4.99. The van der Waals surface area contributed by atoms with Crippen molar-refractivity contribution in [2.45, 2.75) is 13.8 Å². The average Bonchev–Trinajstić information content (AvgIpc) is 3.45. The molecule has 3 aromatic carbocycles. The molecule has 0 bridgehead atoms. The number of aryl methyl sites for hydroxylation is 2. The molecule has 0 unspecified atom stereocenters. The van der Waals surface area contributed by atoms with Crippen molar-refractivity contribution in [3.8, 4) is 22.6 Å². The fraction of sp³-hybridized carbons (Fsp3) is 0.212. The zero-order chi connectivity index (χ0) is 29.9. The molecule has 0 spiro atoms. The lowest BCUT2D eigenvalue weighted by atomic mass is 10.1. The number of nitrogens with zero attached hydrogens (tertiary/aromatic N) is 5. The van der Waals surface area contributed by atoms with Crippen molar-refractivity contribution >= 4 is 28.9 Å². The van der Waals surface area contributed by atoms with Gasteiger partial charge in [0, 0.05) is 72.2 Å². The van der Waals surface area contributed by atoms with Gasteiger partial charge in [0.1, 0.15) is 5.82 Å². The number of hydrogen-bond acceptors (Lipinski definition) is 8. The molecule has 6 rings (SSSR count). The number of amides is 1. The predicted molar refractivity (Wildman–Crippen MR) is 166 cm³/mol. The molecule has 3 heterocycles. The summed E-state index contributed by atoms with van der Waals surface area (Å²) in [4.78, 5) is 27.1. The third-order valence-corrected chi connectivity index (χ3v) is 7.50. The quantitative estimate of drug-likeness (QED) is 0.233. The van der Waals surface area contributed by atoms with Crippen LogP contribution in [-0.2, 0) is 0 Å². The van der Waals surface area contributed by atoms with E-state index in [1.165, 1.54) is 12.1 Å². The number of carbonyl (C=O) groups excluding carboxylic acids is 1. The van der Waals surface area contributed by atoms with E-state index in [1.54, 1.807) is 36.5 Å². The van der Waals surface area contributed by atoms with Crippen molar-refractivity contribution in [3.63, 3.8) is 0 Å². The molecule has 1 aliphatic heterocycles. The van der Waals surface area contributed by atoms with Gasteiger partial charge in [-0.1, -0.05) is 11.2 Å². The van der Waals surface area contributed by atoms with Gasteiger partial charge in [-0.3, -0.25) is 4.79 Å². The summed E-state index contributed by atoms with van der Waals surface area (Å²) in [7, 11) is 2.12. The standard InChI is InChI=1S/C33H32FN7O2/c1-21-4-5-24(19-30(21)38-33-35-11-10-29(37-33)23-6-8-26(34)9-7-23)32(42)36-27-17-25(31-16-22(2)39-43-31)18-28(20-27)41-14-12-40(3)13-15-41/h4-11,16-20H,12-15H2,1-3H3,(H,36,42)(H,35,37,38). The van der Waals surface area contributed by atoms with Crippen LogP contribution < -0.4 is 15.5 Å². The lowest BCUT2D eigenvalue weighted by Crippen LogP contribution is -2.44. The zero-order valence-electron chi connectivity index (χ0n) is 24.3. The summed E-state index contributed by atoms with van der Waals surface area (Å²) in [5.41, 5.74) is 6.84. The lowest BCUT2D eigenvalue weighted by molar-refractivity contribution is 0.102. The summed E-state index contributed by atoms with van der Waals surface area (Å²) in [6, 6.07) is 21.2. The fourth-order valence-electron chi connectivity index (χ4n) is 4.99. The van der Waals surface area contributed by atoms with E-state index in [1.807, 2.05) is 38.1 Å². The van der Waals surface area contributed by atoms with E-state index < -0.39 is 0 Å². The molecule has 0 atom stereocenters. The van der Waals surface area contributed by atoms with Gasteiger partial charge in [-0.2, -0.15) is 0 Å². The third-order valence-electron chi connectivity index (χ3n) is 7.50. The first kappa shape index (κ1) is 28.0. The molecule has 1 aliphatic rings. The molecule has 1 fully saturated rings. The van der Waals surface area contributed by atoms with Gasteiger partial charge < -0.3 is 25.0 Å². The second-order valence-corrected chi connectivity index (χ2v) is 10.8. The number of halogens is 1. The van der Waals surface area contributed by atoms with Gasteiger partial charge in [0.25, 0.3) is 5.91 Å². The van der Waals surface area contributed by atoms with Crippen LogP contribution in [0.4, 0.5) is 27.4 Å². The molecule has 9 nitrogen and oxygen atoms in total. The molecule has 5 aromatic rings. The minimum atomic E-state index is -0.308. The van der Waals surface area contributed by atoms with Crippen molar-refractivity contribution in [2.24, 2.45) is 0 Å². The van der Waals surface area contributed by atoms with Crippen LogP contribution in [0.15, 0.2) is 83.5 Å². The van der Waals surface area contributed by atoms with Crippen molar-refractivity contribution in [1.82, 2.24) is 20.0 Å². The molecule has 2 aromatic heterocycles. The van der Waals surface area contributed by atoms with E-state index in [-0.39, 0.29) is 11.7 Å². The van der Waals surface area contributed by atoms with Gasteiger partial charge in [-0.05, 0) is 87.1 Å². The van der Waals surface area contributed by atoms with Gasteiger partial charge >= 0.3 is 0 Å². The summed E-state index contributed by atoms with van der Waals surface area (Å²) in [5, 5.41) is 10.4. The van der Waals surface area contributed by atoms with E-state index >= 15 is 0 Å². The Morgan fingerprint density at radius 3 is 2.44 bits per heavy atom. The van der Waals surface area contributed by atoms with Gasteiger partial charge in [0.05, 0.1) is 11.4 Å². The van der Waals surface area contributed by atoms with Crippen LogP contribution in [0.1, 0.15) is 21.6 Å². The number of carbonyl (C=O) groups is 1. The highest BCUT2D eigenvalue weighted by Gasteiger charge is 2.18. The second-order valence-electron chi connectivity index (χ2n) is 10.8. The first-order chi connectivity index (χ1) is 20.8. The topological polar surface area (TPSA) is 99.4 Å². The Kier molecular flexibility index (Phi) is 7.84. The molecule has 0 saturated carbocycles. The maximum absolute atomic E-state index is 13.5. The van der Waals surface area contributed by atoms with Gasteiger partial charge in [0.15, 0.2) is 5.76 Å². The van der Waals surface area contributed by atoms with Crippen LogP contribution in [0.2, 0.25) is 0 Å². The van der Waals surface area contributed by atoms with Crippen molar-refractivity contribution in [2.75, 3.05) is 48.8 Å². The molecule has 0 aliphatic carbocycles. The number of hydrogen-bond donors (Lipinski definition) is 2. The summed E-state index contributed by atoms with van der Waals surface area (Å²) in [6.45, 7) is 7.53. The predicted octanol–water partition coefficient (Wildman–Crippen LogP) is 6.30. The van der Waals surface area contributed by atoms with E-state index in [2.05, 4.69) is 48.7 Å². The van der Waals surface area contributed by atoms with Crippen LogP contribution in [0.5, 0.6) is 0 Å². The molecular weight excluding hydrogens is 545 g/mol. The molecule has 1 saturated heterocycles. The van der Waals surface area contributed by atoms with Crippen LogP contribution in [-0.4, -0.2) is 59.2 Å². The molecule has 10 heteroatoms.